The van der Waals surface area contributed by atoms with Crippen LogP contribution in [0.5, 0.6) is 0 Å². The highest BCUT2D eigenvalue weighted by atomic mass is 16.4. The number of rotatable bonds is 5. The van der Waals surface area contributed by atoms with Gasteiger partial charge in [0.1, 0.15) is 5.69 Å². The van der Waals surface area contributed by atoms with E-state index in [0.29, 0.717) is 24.6 Å². The van der Waals surface area contributed by atoms with Crippen molar-refractivity contribution in [3.05, 3.63) is 53.0 Å². The molecule has 7 heteroatoms. The molecular formula is C20H23N5O2. The fraction of sp³-hybridized carbons (Fsp3) is 0.400. The van der Waals surface area contributed by atoms with Gasteiger partial charge in [0, 0.05) is 19.9 Å². The molecule has 0 radical (unpaired) electrons. The van der Waals surface area contributed by atoms with Crippen molar-refractivity contribution in [1.29, 1.82) is 0 Å². The topological polar surface area (TPSA) is 85.8 Å². The second-order valence-corrected chi connectivity index (χ2v) is 7.01. The van der Waals surface area contributed by atoms with Crippen LogP contribution in [0.2, 0.25) is 0 Å². The molecular weight excluding hydrogens is 342 g/mol. The molecule has 27 heavy (non-hydrogen) atoms. The summed E-state index contributed by atoms with van der Waals surface area (Å²) in [5, 5.41) is 15.6. The first-order valence-corrected chi connectivity index (χ1v) is 9.30. The van der Waals surface area contributed by atoms with Gasteiger partial charge in [-0.3, -0.25) is 9.48 Å². The predicted molar refractivity (Wildman–Crippen MR) is 99.8 cm³/mol. The van der Waals surface area contributed by atoms with Gasteiger partial charge < -0.3 is 9.73 Å². The van der Waals surface area contributed by atoms with Crippen LogP contribution in [-0.4, -0.2) is 25.9 Å². The van der Waals surface area contributed by atoms with E-state index in [0.717, 1.165) is 30.7 Å². The number of carbonyl (C=O) groups excluding carboxylic acids is 1. The summed E-state index contributed by atoms with van der Waals surface area (Å²) in [6, 6.07) is 10.3. The molecule has 1 N–H and O–H groups in total. The minimum Gasteiger partial charge on any atom is -0.419 e. The number of aromatic nitrogens is 4. The van der Waals surface area contributed by atoms with Gasteiger partial charge in [0.25, 0.3) is 5.89 Å². The number of aryl methyl sites for hydroxylation is 4. The number of fused-ring (bicyclic) bond motifs is 1. The van der Waals surface area contributed by atoms with E-state index in [1.807, 2.05) is 26.1 Å². The Morgan fingerprint density at radius 2 is 2.19 bits per heavy atom. The molecule has 1 aromatic carbocycles. The van der Waals surface area contributed by atoms with Gasteiger partial charge in [-0.05, 0) is 43.4 Å². The smallest absolute Gasteiger partial charge is 0.265 e. The second-order valence-electron chi connectivity index (χ2n) is 7.01. The number of carbonyl (C=O) groups is 1. The summed E-state index contributed by atoms with van der Waals surface area (Å²) in [6.45, 7) is 1.91. The predicted octanol–water partition coefficient (Wildman–Crippen LogP) is 2.90. The van der Waals surface area contributed by atoms with Crippen LogP contribution in [-0.2, 0) is 24.7 Å². The van der Waals surface area contributed by atoms with E-state index >= 15 is 0 Å². The number of hydrogen-bond donors (Lipinski definition) is 1. The Morgan fingerprint density at radius 1 is 1.33 bits per heavy atom. The monoisotopic (exact) mass is 365 g/mol. The average molecular weight is 365 g/mol. The van der Waals surface area contributed by atoms with Gasteiger partial charge in [-0.25, -0.2) is 0 Å². The highest BCUT2D eigenvalue weighted by Crippen LogP contribution is 2.29. The molecule has 4 rings (SSSR count). The molecule has 0 saturated carbocycles. The molecule has 1 aliphatic rings. The van der Waals surface area contributed by atoms with E-state index in [1.165, 1.54) is 11.1 Å². The van der Waals surface area contributed by atoms with E-state index in [2.05, 4.69) is 38.8 Å². The highest BCUT2D eigenvalue weighted by molar-refractivity contribution is 5.76. The fourth-order valence-corrected chi connectivity index (χ4v) is 3.66. The van der Waals surface area contributed by atoms with E-state index in [9.17, 15) is 4.79 Å². The molecule has 7 nitrogen and oxygen atoms in total. The third-order valence-electron chi connectivity index (χ3n) is 4.96. The van der Waals surface area contributed by atoms with E-state index < -0.39 is 0 Å². The van der Waals surface area contributed by atoms with E-state index in [1.54, 1.807) is 4.68 Å². The lowest BCUT2D eigenvalue weighted by Gasteiger charge is -2.26. The first kappa shape index (κ1) is 17.5. The van der Waals surface area contributed by atoms with Gasteiger partial charge >= 0.3 is 0 Å². The Labute approximate surface area is 157 Å². The van der Waals surface area contributed by atoms with Gasteiger partial charge in [0.15, 0.2) is 0 Å². The third-order valence-corrected chi connectivity index (χ3v) is 4.96. The van der Waals surface area contributed by atoms with Gasteiger partial charge in [-0.2, -0.15) is 5.10 Å². The van der Waals surface area contributed by atoms with Crippen LogP contribution < -0.4 is 5.32 Å². The van der Waals surface area contributed by atoms with Gasteiger partial charge in [-0.1, -0.05) is 24.3 Å². The number of hydrogen-bond acceptors (Lipinski definition) is 5. The van der Waals surface area contributed by atoms with Crippen molar-refractivity contribution < 1.29 is 9.21 Å². The van der Waals surface area contributed by atoms with Gasteiger partial charge in [0.05, 0.1) is 11.7 Å². The molecule has 140 valence electrons. The highest BCUT2D eigenvalue weighted by Gasteiger charge is 2.21. The standard InChI is InChI=1S/C20H23N5O2/c1-13-12-17(25(2)24-13)20-23-22-19(27-20)11-10-18(26)21-16-9-5-7-14-6-3-4-8-15(14)16/h3-4,6,8,12,16H,5,7,9-11H2,1-2H3,(H,21,26). The molecule has 0 saturated heterocycles. The molecule has 0 spiro atoms. The molecule has 1 atom stereocenters. The third kappa shape index (κ3) is 3.77. The maximum absolute atomic E-state index is 12.4. The summed E-state index contributed by atoms with van der Waals surface area (Å²) < 4.78 is 7.41. The van der Waals surface area contributed by atoms with E-state index in [4.69, 9.17) is 4.42 Å². The van der Waals surface area contributed by atoms with Crippen LogP contribution in [0.25, 0.3) is 11.6 Å². The SMILES string of the molecule is Cc1cc(-c2nnc(CCC(=O)NC3CCCc4ccccc43)o2)n(C)n1. The Balaban J connectivity index is 1.36. The van der Waals surface area contributed by atoms with Crippen LogP contribution in [0, 0.1) is 6.92 Å². The van der Waals surface area contributed by atoms with Crippen molar-refractivity contribution in [3.8, 4) is 11.6 Å². The molecule has 1 unspecified atom stereocenters. The second kappa shape index (κ2) is 7.34. The maximum atomic E-state index is 12.4. The average Bonchev–Trinajstić information content (AvgIpc) is 3.26. The van der Waals surface area contributed by atoms with Crippen LogP contribution in [0.15, 0.2) is 34.7 Å². The van der Waals surface area contributed by atoms with E-state index in [-0.39, 0.29) is 11.9 Å². The first-order valence-electron chi connectivity index (χ1n) is 9.30. The molecule has 2 aromatic heterocycles. The lowest BCUT2D eigenvalue weighted by atomic mass is 9.87. The molecule has 2 heterocycles. The quantitative estimate of drug-likeness (QED) is 0.751. The fourth-order valence-electron chi connectivity index (χ4n) is 3.66. The first-order chi connectivity index (χ1) is 13.1. The maximum Gasteiger partial charge on any atom is 0.265 e. The molecule has 1 aliphatic carbocycles. The van der Waals surface area contributed by atoms with Gasteiger partial charge in [-0.15, -0.1) is 10.2 Å². The summed E-state index contributed by atoms with van der Waals surface area (Å²) in [5.41, 5.74) is 4.24. The summed E-state index contributed by atoms with van der Waals surface area (Å²) in [6.07, 6.45) is 3.90. The zero-order valence-electron chi connectivity index (χ0n) is 15.6. The number of benzene rings is 1. The normalized spacial score (nSPS) is 16.1. The molecule has 1 amide bonds. The zero-order chi connectivity index (χ0) is 18.8. The van der Waals surface area contributed by atoms with Crippen LogP contribution >= 0.6 is 0 Å². The van der Waals surface area contributed by atoms with Crippen molar-refractivity contribution in [3.63, 3.8) is 0 Å². The van der Waals surface area contributed by atoms with Crippen molar-refractivity contribution >= 4 is 5.91 Å². The summed E-state index contributed by atoms with van der Waals surface area (Å²) in [5.74, 6) is 0.894. The number of nitrogens with one attached hydrogen (secondary N) is 1. The summed E-state index contributed by atoms with van der Waals surface area (Å²) in [4.78, 5) is 12.4. The lowest BCUT2D eigenvalue weighted by Crippen LogP contribution is -2.31. The van der Waals surface area contributed by atoms with Crippen molar-refractivity contribution in [2.75, 3.05) is 0 Å². The number of amides is 1. The van der Waals surface area contributed by atoms with Crippen LogP contribution in [0.3, 0.4) is 0 Å². The zero-order valence-corrected chi connectivity index (χ0v) is 15.6. The molecule has 0 fully saturated rings. The van der Waals surface area contributed by atoms with Crippen molar-refractivity contribution in [1.82, 2.24) is 25.3 Å². The van der Waals surface area contributed by atoms with Crippen molar-refractivity contribution in [2.24, 2.45) is 7.05 Å². The Hall–Kier alpha value is -2.96. The largest absolute Gasteiger partial charge is 0.419 e. The minimum absolute atomic E-state index is 0.00725. The Bertz CT molecular complexity index is 959. The van der Waals surface area contributed by atoms with Crippen molar-refractivity contribution in [2.45, 2.75) is 45.1 Å². The lowest BCUT2D eigenvalue weighted by molar-refractivity contribution is -0.122. The Morgan fingerprint density at radius 3 is 3.00 bits per heavy atom. The van der Waals surface area contributed by atoms with Crippen LogP contribution in [0.1, 0.15) is 48.0 Å². The summed E-state index contributed by atoms with van der Waals surface area (Å²) >= 11 is 0. The van der Waals surface area contributed by atoms with Gasteiger partial charge in [0.2, 0.25) is 11.8 Å². The molecule has 0 bridgehead atoms. The minimum atomic E-state index is 0.00725. The van der Waals surface area contributed by atoms with Crippen LogP contribution in [0.4, 0.5) is 0 Å². The Kier molecular flexibility index (Phi) is 4.75. The molecule has 3 aromatic rings. The molecule has 0 aliphatic heterocycles. The number of nitrogens with zero attached hydrogens (tertiary/aromatic N) is 4. The summed E-state index contributed by atoms with van der Waals surface area (Å²) in [7, 11) is 1.83.